The van der Waals surface area contributed by atoms with Gasteiger partial charge < -0.3 is 20.4 Å². The van der Waals surface area contributed by atoms with Gasteiger partial charge in [0.2, 0.25) is 5.91 Å². The van der Waals surface area contributed by atoms with Crippen LogP contribution in [0.2, 0.25) is 0 Å². The minimum absolute atomic E-state index is 0.117. The Hall–Kier alpha value is -4.23. The van der Waals surface area contributed by atoms with Crippen LogP contribution in [-0.2, 0) is 11.8 Å². The molecule has 3 N–H and O–H groups in total. The molecule has 0 saturated heterocycles. The number of nitrogens with zero attached hydrogens (tertiary/aromatic N) is 1. The molecule has 1 aromatic heterocycles. The predicted molar refractivity (Wildman–Crippen MR) is 137 cm³/mol. The molecule has 7 heteroatoms. The molecule has 1 heterocycles. The molecule has 35 heavy (non-hydrogen) atoms. The van der Waals surface area contributed by atoms with Gasteiger partial charge in [-0.15, -0.1) is 0 Å². The SMILES string of the molecule is Cc1cc(F)cc(C)c1Oc1ccc(NC(=O)/C=C/CN)cc1-c1cn(C)c(=O)c2ccccc12. The highest BCUT2D eigenvalue weighted by atomic mass is 19.1. The number of carbonyl (C=O) groups excluding carboxylic acids is 1. The first-order valence-corrected chi connectivity index (χ1v) is 11.1. The lowest BCUT2D eigenvalue weighted by molar-refractivity contribution is -0.111. The Labute approximate surface area is 202 Å². The van der Waals surface area contributed by atoms with Crippen molar-refractivity contribution < 1.29 is 13.9 Å². The molecular formula is C28H26FN3O3. The van der Waals surface area contributed by atoms with Crippen LogP contribution in [0, 0.1) is 19.7 Å². The number of benzene rings is 3. The number of nitrogens with two attached hydrogens (primary N) is 1. The zero-order valence-electron chi connectivity index (χ0n) is 19.8. The molecule has 178 valence electrons. The minimum Gasteiger partial charge on any atom is -0.456 e. The summed E-state index contributed by atoms with van der Waals surface area (Å²) in [6.45, 7) is 3.82. The predicted octanol–water partition coefficient (Wildman–Crippen LogP) is 5.21. The zero-order valence-corrected chi connectivity index (χ0v) is 19.8. The molecule has 0 aliphatic carbocycles. The van der Waals surface area contributed by atoms with Crippen molar-refractivity contribution in [2.75, 3.05) is 11.9 Å². The molecule has 6 nitrogen and oxygen atoms in total. The van der Waals surface area contributed by atoms with Crippen molar-refractivity contribution in [3.63, 3.8) is 0 Å². The van der Waals surface area contributed by atoms with Crippen molar-refractivity contribution in [2.45, 2.75) is 13.8 Å². The first kappa shape index (κ1) is 23.9. The number of pyridine rings is 1. The average Bonchev–Trinajstić information content (AvgIpc) is 2.83. The summed E-state index contributed by atoms with van der Waals surface area (Å²) in [5.74, 6) is 0.400. The third-order valence-corrected chi connectivity index (χ3v) is 5.67. The number of hydrogen-bond acceptors (Lipinski definition) is 4. The maximum Gasteiger partial charge on any atom is 0.258 e. The summed E-state index contributed by atoms with van der Waals surface area (Å²) in [4.78, 5) is 25.0. The van der Waals surface area contributed by atoms with Gasteiger partial charge in [0.05, 0.1) is 0 Å². The van der Waals surface area contributed by atoms with Crippen LogP contribution in [0.25, 0.3) is 21.9 Å². The third kappa shape index (κ3) is 5.00. The van der Waals surface area contributed by atoms with Crippen LogP contribution in [0.4, 0.5) is 10.1 Å². The van der Waals surface area contributed by atoms with E-state index >= 15 is 0 Å². The van der Waals surface area contributed by atoms with Gasteiger partial charge in [0.1, 0.15) is 17.3 Å². The van der Waals surface area contributed by atoms with E-state index in [9.17, 15) is 14.0 Å². The molecule has 0 aliphatic heterocycles. The first-order valence-electron chi connectivity index (χ1n) is 11.1. The molecule has 0 radical (unpaired) electrons. The molecule has 0 fully saturated rings. The van der Waals surface area contributed by atoms with E-state index in [2.05, 4.69) is 5.32 Å². The first-order chi connectivity index (χ1) is 16.8. The van der Waals surface area contributed by atoms with Crippen LogP contribution < -0.4 is 21.3 Å². The van der Waals surface area contributed by atoms with Gasteiger partial charge in [-0.25, -0.2) is 4.39 Å². The molecule has 0 bridgehead atoms. The van der Waals surface area contributed by atoms with Crippen LogP contribution in [-0.4, -0.2) is 17.0 Å². The fourth-order valence-corrected chi connectivity index (χ4v) is 4.07. The molecule has 0 atom stereocenters. The maximum absolute atomic E-state index is 13.9. The highest BCUT2D eigenvalue weighted by Gasteiger charge is 2.17. The van der Waals surface area contributed by atoms with E-state index in [-0.39, 0.29) is 23.8 Å². The van der Waals surface area contributed by atoms with Crippen LogP contribution in [0.5, 0.6) is 11.5 Å². The standard InChI is InChI=1S/C28H26FN3O3/c1-17-13-19(29)14-18(2)27(17)35-25-11-10-20(31-26(33)9-6-12-30)15-23(25)24-16-32(3)28(34)22-8-5-4-7-21(22)24/h4-11,13-16H,12,30H2,1-3H3,(H,31,33)/b9-6+. The number of aromatic nitrogens is 1. The summed E-state index contributed by atoms with van der Waals surface area (Å²) in [7, 11) is 1.69. The van der Waals surface area contributed by atoms with E-state index in [0.29, 0.717) is 39.3 Å². The monoisotopic (exact) mass is 471 g/mol. The maximum atomic E-state index is 13.9. The molecule has 0 unspecified atom stereocenters. The minimum atomic E-state index is -0.333. The van der Waals surface area contributed by atoms with Gasteiger partial charge in [0.25, 0.3) is 5.56 Å². The Bertz CT molecular complexity index is 1500. The van der Waals surface area contributed by atoms with Crippen LogP contribution in [0.1, 0.15) is 11.1 Å². The number of rotatable bonds is 6. The molecule has 0 aliphatic rings. The van der Waals surface area contributed by atoms with E-state index in [1.54, 1.807) is 57.4 Å². The molecule has 0 spiro atoms. The number of hydrogen-bond donors (Lipinski definition) is 2. The summed E-state index contributed by atoms with van der Waals surface area (Å²) in [6.07, 6.45) is 4.68. The average molecular weight is 472 g/mol. The lowest BCUT2D eigenvalue weighted by Gasteiger charge is -2.18. The Balaban J connectivity index is 1.92. The highest BCUT2D eigenvalue weighted by molar-refractivity contribution is 6.01. The van der Waals surface area contributed by atoms with E-state index in [1.807, 2.05) is 18.2 Å². The number of anilines is 1. The van der Waals surface area contributed by atoms with Gasteiger partial charge in [-0.1, -0.05) is 24.3 Å². The second-order valence-corrected chi connectivity index (χ2v) is 8.31. The van der Waals surface area contributed by atoms with Crippen molar-refractivity contribution in [3.05, 3.63) is 100 Å². The second-order valence-electron chi connectivity index (χ2n) is 8.31. The van der Waals surface area contributed by atoms with E-state index in [4.69, 9.17) is 10.5 Å². The molecule has 1 amide bonds. The number of nitrogens with one attached hydrogen (secondary N) is 1. The Morgan fingerprint density at radius 3 is 2.43 bits per heavy atom. The fourth-order valence-electron chi connectivity index (χ4n) is 4.07. The largest absolute Gasteiger partial charge is 0.456 e. The van der Waals surface area contributed by atoms with Gasteiger partial charge in [0.15, 0.2) is 0 Å². The zero-order chi connectivity index (χ0) is 25.1. The van der Waals surface area contributed by atoms with Crippen LogP contribution in [0.3, 0.4) is 0 Å². The number of halogens is 1. The Kier molecular flexibility index (Phi) is 6.80. The summed E-state index contributed by atoms with van der Waals surface area (Å²) < 4.78 is 21.7. The van der Waals surface area contributed by atoms with Crippen molar-refractivity contribution in [1.29, 1.82) is 0 Å². The third-order valence-electron chi connectivity index (χ3n) is 5.67. The number of ether oxygens (including phenoxy) is 1. The highest BCUT2D eigenvalue weighted by Crippen LogP contribution is 2.40. The Morgan fingerprint density at radius 1 is 1.06 bits per heavy atom. The smallest absolute Gasteiger partial charge is 0.258 e. The number of fused-ring (bicyclic) bond motifs is 1. The van der Waals surface area contributed by atoms with E-state index in [0.717, 1.165) is 10.9 Å². The van der Waals surface area contributed by atoms with Crippen molar-refractivity contribution in [2.24, 2.45) is 12.8 Å². The van der Waals surface area contributed by atoms with Gasteiger partial charge >= 0.3 is 0 Å². The number of aryl methyl sites for hydroxylation is 3. The van der Waals surface area contributed by atoms with Gasteiger partial charge in [0, 0.05) is 48.1 Å². The number of carbonyl (C=O) groups is 1. The summed E-state index contributed by atoms with van der Waals surface area (Å²) in [6, 6.07) is 15.4. The van der Waals surface area contributed by atoms with Crippen molar-refractivity contribution >= 4 is 22.4 Å². The Morgan fingerprint density at radius 2 is 1.74 bits per heavy atom. The van der Waals surface area contributed by atoms with Gasteiger partial charge in [-0.3, -0.25) is 9.59 Å². The number of amides is 1. The summed E-state index contributed by atoms with van der Waals surface area (Å²) >= 11 is 0. The quantitative estimate of drug-likeness (QED) is 0.378. The summed E-state index contributed by atoms with van der Waals surface area (Å²) in [5, 5.41) is 4.14. The van der Waals surface area contributed by atoms with Gasteiger partial charge in [-0.2, -0.15) is 0 Å². The summed E-state index contributed by atoms with van der Waals surface area (Å²) in [5.41, 5.74) is 8.60. The van der Waals surface area contributed by atoms with Gasteiger partial charge in [-0.05, 0) is 66.8 Å². The van der Waals surface area contributed by atoms with E-state index < -0.39 is 0 Å². The lowest BCUT2D eigenvalue weighted by Crippen LogP contribution is -2.16. The molecule has 0 saturated carbocycles. The molecule has 4 aromatic rings. The lowest BCUT2D eigenvalue weighted by atomic mass is 9.99. The topological polar surface area (TPSA) is 86.3 Å². The molecule has 3 aromatic carbocycles. The van der Waals surface area contributed by atoms with E-state index in [1.165, 1.54) is 22.8 Å². The fraction of sp³-hybridized carbons (Fsp3) is 0.143. The normalized spacial score (nSPS) is 11.2. The van der Waals surface area contributed by atoms with Crippen LogP contribution >= 0.6 is 0 Å². The second kappa shape index (κ2) is 9.95. The van der Waals surface area contributed by atoms with Crippen molar-refractivity contribution in [1.82, 2.24) is 4.57 Å². The van der Waals surface area contributed by atoms with Crippen molar-refractivity contribution in [3.8, 4) is 22.6 Å². The molecular weight excluding hydrogens is 445 g/mol. The molecule has 4 rings (SSSR count). The van der Waals surface area contributed by atoms with Crippen LogP contribution in [0.15, 0.2) is 77.7 Å².